The van der Waals surface area contributed by atoms with Crippen molar-refractivity contribution in [1.29, 1.82) is 0 Å². The lowest BCUT2D eigenvalue weighted by atomic mass is 10.1. The lowest BCUT2D eigenvalue weighted by molar-refractivity contribution is -0.151. The minimum Gasteiger partial charge on any atom is -0.455 e. The second kappa shape index (κ2) is 8.47. The number of hydrogen-bond donors (Lipinski definition) is 1. The largest absolute Gasteiger partial charge is 0.455 e. The molecular formula is C23H26N2O4. The second-order valence-corrected chi connectivity index (χ2v) is 7.67. The Hall–Kier alpha value is -3.15. The Morgan fingerprint density at radius 2 is 1.69 bits per heavy atom. The molecule has 1 aliphatic rings. The Balaban J connectivity index is 1.56. The first-order chi connectivity index (χ1) is 13.7. The maximum absolute atomic E-state index is 12.4. The first kappa shape index (κ1) is 20.6. The molecule has 0 aromatic heterocycles. The van der Waals surface area contributed by atoms with Crippen LogP contribution in [-0.4, -0.2) is 30.9 Å². The van der Waals surface area contributed by atoms with Crippen molar-refractivity contribution in [3.05, 3.63) is 58.7 Å². The van der Waals surface area contributed by atoms with E-state index in [1.807, 2.05) is 64.1 Å². The fraction of sp³-hybridized carbons (Fsp3) is 0.348. The van der Waals surface area contributed by atoms with Gasteiger partial charge in [0.15, 0.2) is 6.61 Å². The highest BCUT2D eigenvalue weighted by Gasteiger charge is 2.36. The van der Waals surface area contributed by atoms with E-state index in [-0.39, 0.29) is 25.5 Å². The molecule has 1 heterocycles. The van der Waals surface area contributed by atoms with Gasteiger partial charge in [0.05, 0.1) is 5.92 Å². The SMILES string of the molecule is Cc1ccc(NC(=O)COC(=O)[C@H]2CC(=O)N(c3ccc(C)cc3C)C2)c(C)c1. The summed E-state index contributed by atoms with van der Waals surface area (Å²) in [5.41, 5.74) is 5.64. The lowest BCUT2D eigenvalue weighted by Gasteiger charge is -2.19. The summed E-state index contributed by atoms with van der Waals surface area (Å²) in [6.07, 6.45) is 0.0881. The third-order valence-corrected chi connectivity index (χ3v) is 5.10. The summed E-state index contributed by atoms with van der Waals surface area (Å²) in [7, 11) is 0. The topological polar surface area (TPSA) is 75.7 Å². The van der Waals surface area contributed by atoms with Crippen LogP contribution in [-0.2, 0) is 19.1 Å². The molecule has 6 nitrogen and oxygen atoms in total. The lowest BCUT2D eigenvalue weighted by Crippen LogP contribution is -2.28. The van der Waals surface area contributed by atoms with Crippen LogP contribution < -0.4 is 10.2 Å². The quantitative estimate of drug-likeness (QED) is 0.788. The Morgan fingerprint density at radius 3 is 2.34 bits per heavy atom. The first-order valence-corrected chi connectivity index (χ1v) is 9.66. The van der Waals surface area contributed by atoms with Gasteiger partial charge >= 0.3 is 5.97 Å². The minimum atomic E-state index is -0.572. The number of aryl methyl sites for hydroxylation is 4. The highest BCUT2D eigenvalue weighted by molar-refractivity contribution is 6.00. The highest BCUT2D eigenvalue weighted by Crippen LogP contribution is 2.29. The number of carbonyl (C=O) groups is 3. The zero-order chi connectivity index (χ0) is 21.1. The molecule has 0 bridgehead atoms. The Kier molecular flexibility index (Phi) is 6.01. The number of carbonyl (C=O) groups excluding carboxylic acids is 3. The molecule has 152 valence electrons. The van der Waals surface area contributed by atoms with Crippen LogP contribution in [0.1, 0.15) is 28.7 Å². The average molecular weight is 394 g/mol. The van der Waals surface area contributed by atoms with Crippen molar-refractivity contribution >= 4 is 29.2 Å². The van der Waals surface area contributed by atoms with E-state index in [9.17, 15) is 14.4 Å². The number of esters is 1. The van der Waals surface area contributed by atoms with Crippen molar-refractivity contribution in [1.82, 2.24) is 0 Å². The van der Waals surface area contributed by atoms with Crippen molar-refractivity contribution in [2.24, 2.45) is 5.92 Å². The van der Waals surface area contributed by atoms with Gasteiger partial charge in [-0.05, 0) is 51.0 Å². The van der Waals surface area contributed by atoms with Gasteiger partial charge in [0.1, 0.15) is 0 Å². The summed E-state index contributed by atoms with van der Waals surface area (Å²) >= 11 is 0. The third-order valence-electron chi connectivity index (χ3n) is 5.10. The van der Waals surface area contributed by atoms with Gasteiger partial charge in [-0.1, -0.05) is 35.4 Å². The van der Waals surface area contributed by atoms with Crippen LogP contribution in [0.4, 0.5) is 11.4 Å². The number of rotatable bonds is 5. The van der Waals surface area contributed by atoms with Crippen molar-refractivity contribution < 1.29 is 19.1 Å². The Morgan fingerprint density at radius 1 is 1.03 bits per heavy atom. The number of benzene rings is 2. The summed E-state index contributed by atoms with van der Waals surface area (Å²) < 4.78 is 5.18. The van der Waals surface area contributed by atoms with Gasteiger partial charge in [-0.25, -0.2) is 0 Å². The van der Waals surface area contributed by atoms with E-state index in [1.54, 1.807) is 4.90 Å². The van der Waals surface area contributed by atoms with Gasteiger partial charge < -0.3 is 15.0 Å². The zero-order valence-electron chi connectivity index (χ0n) is 17.2. The molecule has 1 fully saturated rings. The van der Waals surface area contributed by atoms with E-state index in [0.717, 1.165) is 27.9 Å². The van der Waals surface area contributed by atoms with E-state index >= 15 is 0 Å². The molecular weight excluding hydrogens is 368 g/mol. The Labute approximate surface area is 170 Å². The molecule has 1 saturated heterocycles. The van der Waals surface area contributed by atoms with Gasteiger partial charge in [-0.15, -0.1) is 0 Å². The molecule has 0 radical (unpaired) electrons. The van der Waals surface area contributed by atoms with E-state index < -0.39 is 17.8 Å². The van der Waals surface area contributed by atoms with Gasteiger partial charge in [0.2, 0.25) is 5.91 Å². The van der Waals surface area contributed by atoms with Crippen LogP contribution in [0.5, 0.6) is 0 Å². The van der Waals surface area contributed by atoms with Gasteiger partial charge in [-0.2, -0.15) is 0 Å². The molecule has 1 aliphatic heterocycles. The maximum atomic E-state index is 12.4. The molecule has 29 heavy (non-hydrogen) atoms. The normalized spacial score (nSPS) is 16.1. The fourth-order valence-corrected chi connectivity index (χ4v) is 3.60. The molecule has 3 rings (SSSR count). The summed E-state index contributed by atoms with van der Waals surface area (Å²) in [4.78, 5) is 38.6. The Bertz CT molecular complexity index is 967. The standard InChI is InChI=1S/C23H26N2O4/c1-14-5-7-19(16(3)9-14)24-21(26)13-29-23(28)18-11-22(27)25(12-18)20-8-6-15(2)10-17(20)4/h5-10,18H,11-13H2,1-4H3,(H,24,26)/t18-/m0/s1. The van der Waals surface area contributed by atoms with Crippen molar-refractivity contribution in [3.8, 4) is 0 Å². The first-order valence-electron chi connectivity index (χ1n) is 9.66. The summed E-state index contributed by atoms with van der Waals surface area (Å²) in [5, 5.41) is 2.75. The van der Waals surface area contributed by atoms with Crippen LogP contribution in [0.2, 0.25) is 0 Å². The van der Waals surface area contributed by atoms with Crippen LogP contribution >= 0.6 is 0 Å². The number of ether oxygens (including phenoxy) is 1. The molecule has 2 amide bonds. The van der Waals surface area contributed by atoms with E-state index in [2.05, 4.69) is 5.32 Å². The molecule has 0 spiro atoms. The molecule has 6 heteroatoms. The van der Waals surface area contributed by atoms with Crippen LogP contribution in [0.15, 0.2) is 36.4 Å². The van der Waals surface area contributed by atoms with Crippen molar-refractivity contribution in [3.63, 3.8) is 0 Å². The summed E-state index contributed by atoms with van der Waals surface area (Å²) in [6.45, 7) is 7.70. The van der Waals surface area contributed by atoms with Crippen LogP contribution in [0, 0.1) is 33.6 Å². The summed E-state index contributed by atoms with van der Waals surface area (Å²) in [6, 6.07) is 11.5. The maximum Gasteiger partial charge on any atom is 0.311 e. The predicted molar refractivity (Wildman–Crippen MR) is 112 cm³/mol. The van der Waals surface area contributed by atoms with Crippen LogP contribution in [0.25, 0.3) is 0 Å². The second-order valence-electron chi connectivity index (χ2n) is 7.67. The van der Waals surface area contributed by atoms with Crippen molar-refractivity contribution in [2.75, 3.05) is 23.4 Å². The molecule has 0 unspecified atom stereocenters. The molecule has 1 atom stereocenters. The van der Waals surface area contributed by atoms with Crippen LogP contribution in [0.3, 0.4) is 0 Å². The van der Waals surface area contributed by atoms with Gasteiger partial charge in [-0.3, -0.25) is 14.4 Å². The monoisotopic (exact) mass is 394 g/mol. The number of hydrogen-bond acceptors (Lipinski definition) is 4. The molecule has 2 aromatic carbocycles. The molecule has 0 aliphatic carbocycles. The molecule has 0 saturated carbocycles. The van der Waals surface area contributed by atoms with Gasteiger partial charge in [0, 0.05) is 24.3 Å². The van der Waals surface area contributed by atoms with Gasteiger partial charge in [0.25, 0.3) is 5.91 Å². The third kappa shape index (κ3) is 4.83. The average Bonchev–Trinajstić information content (AvgIpc) is 3.04. The smallest absolute Gasteiger partial charge is 0.311 e. The van der Waals surface area contributed by atoms with E-state index in [4.69, 9.17) is 4.74 Å². The summed E-state index contributed by atoms with van der Waals surface area (Å²) in [5.74, 6) is -1.61. The number of anilines is 2. The number of amides is 2. The molecule has 2 aromatic rings. The number of nitrogens with zero attached hydrogens (tertiary/aromatic N) is 1. The number of nitrogens with one attached hydrogen (secondary N) is 1. The van der Waals surface area contributed by atoms with E-state index in [0.29, 0.717) is 5.69 Å². The van der Waals surface area contributed by atoms with Crippen molar-refractivity contribution in [2.45, 2.75) is 34.1 Å². The molecule has 1 N–H and O–H groups in total. The zero-order valence-corrected chi connectivity index (χ0v) is 17.2. The minimum absolute atomic E-state index is 0.0881. The highest BCUT2D eigenvalue weighted by atomic mass is 16.5. The predicted octanol–water partition coefficient (Wildman–Crippen LogP) is 3.46. The fourth-order valence-electron chi connectivity index (χ4n) is 3.60. The van der Waals surface area contributed by atoms with E-state index in [1.165, 1.54) is 0 Å².